The monoisotopic (exact) mass is 265 g/mol. The molecule has 0 unspecified atom stereocenters. The molecule has 4 amide bonds. The first-order valence-electron chi connectivity index (χ1n) is 5.77. The van der Waals surface area contributed by atoms with E-state index in [1.54, 1.807) is 13.8 Å². The van der Waals surface area contributed by atoms with Gasteiger partial charge in [-0.25, -0.2) is 4.79 Å². The summed E-state index contributed by atoms with van der Waals surface area (Å²) in [6.45, 7) is 3.25. The van der Waals surface area contributed by atoms with Gasteiger partial charge in [-0.1, -0.05) is 0 Å². The van der Waals surface area contributed by atoms with Crippen LogP contribution in [0, 0.1) is 13.8 Å². The molecule has 19 heavy (non-hydrogen) atoms. The van der Waals surface area contributed by atoms with E-state index < -0.39 is 11.9 Å². The molecule has 8 nitrogen and oxygen atoms in total. The minimum absolute atomic E-state index is 0.00980. The number of hydrogen-bond acceptors (Lipinski definition) is 4. The molecular weight excluding hydrogens is 250 g/mol. The minimum Gasteiger partial charge on any atom is -0.321 e. The number of hydrogen-bond donors (Lipinski definition) is 2. The van der Waals surface area contributed by atoms with Gasteiger partial charge in [-0.2, -0.15) is 5.10 Å². The topological polar surface area (TPSA) is 98.4 Å². The number of imide groups is 1. The Hall–Kier alpha value is -2.38. The number of rotatable bonds is 3. The van der Waals surface area contributed by atoms with E-state index in [1.165, 1.54) is 11.9 Å². The fraction of sp³-hybridized carbons (Fsp3) is 0.455. The minimum atomic E-state index is -0.458. The lowest BCUT2D eigenvalue weighted by Crippen LogP contribution is -2.38. The second kappa shape index (κ2) is 4.71. The number of aromatic amines is 1. The van der Waals surface area contributed by atoms with Gasteiger partial charge in [0.1, 0.15) is 13.1 Å². The molecular formula is C11H15N5O3. The van der Waals surface area contributed by atoms with E-state index in [2.05, 4.69) is 15.5 Å². The number of H-pyrrole nitrogens is 1. The lowest BCUT2D eigenvalue weighted by atomic mass is 10.3. The smallest absolute Gasteiger partial charge is 0.321 e. The highest BCUT2D eigenvalue weighted by Gasteiger charge is 2.34. The summed E-state index contributed by atoms with van der Waals surface area (Å²) >= 11 is 0. The number of likely N-dealkylation sites (N-methyl/N-ethyl adjacent to an activating group) is 1. The molecule has 0 aromatic carbocycles. The van der Waals surface area contributed by atoms with Gasteiger partial charge in [0.05, 0.1) is 17.1 Å². The molecule has 8 heteroatoms. The molecule has 0 saturated carbocycles. The van der Waals surface area contributed by atoms with Crippen LogP contribution in [-0.2, 0) is 9.59 Å². The Bertz CT molecular complexity index is 531. The van der Waals surface area contributed by atoms with Gasteiger partial charge >= 0.3 is 6.03 Å². The van der Waals surface area contributed by atoms with Crippen molar-refractivity contribution in [2.75, 3.05) is 25.5 Å². The lowest BCUT2D eigenvalue weighted by molar-refractivity contribution is -0.129. The van der Waals surface area contributed by atoms with Crippen molar-refractivity contribution in [3.8, 4) is 0 Å². The first-order valence-corrected chi connectivity index (χ1v) is 5.77. The van der Waals surface area contributed by atoms with Crippen LogP contribution in [0.1, 0.15) is 11.4 Å². The van der Waals surface area contributed by atoms with Gasteiger partial charge in [-0.05, 0) is 13.8 Å². The van der Waals surface area contributed by atoms with Crippen molar-refractivity contribution in [3.05, 3.63) is 11.4 Å². The van der Waals surface area contributed by atoms with Crippen LogP contribution in [0.25, 0.3) is 0 Å². The van der Waals surface area contributed by atoms with Crippen LogP contribution in [0.4, 0.5) is 10.5 Å². The Morgan fingerprint density at radius 1 is 1.42 bits per heavy atom. The fourth-order valence-corrected chi connectivity index (χ4v) is 1.88. The standard InChI is InChI=1S/C11H15N5O3/c1-6-10(7(2)14-13-6)12-8(17)4-16-9(18)5-15(3)11(16)19/h4-5H2,1-3H3,(H,12,17)(H,13,14). The van der Waals surface area contributed by atoms with Crippen LogP contribution in [0.3, 0.4) is 0 Å². The van der Waals surface area contributed by atoms with Crippen LogP contribution < -0.4 is 5.32 Å². The molecule has 2 N–H and O–H groups in total. The van der Waals surface area contributed by atoms with E-state index in [0.29, 0.717) is 11.4 Å². The summed E-state index contributed by atoms with van der Waals surface area (Å²) in [4.78, 5) is 37.2. The highest BCUT2D eigenvalue weighted by Crippen LogP contribution is 2.16. The number of nitrogens with one attached hydrogen (secondary N) is 2. The lowest BCUT2D eigenvalue weighted by Gasteiger charge is -2.13. The third kappa shape index (κ3) is 2.42. The molecule has 0 atom stereocenters. The van der Waals surface area contributed by atoms with Crippen molar-refractivity contribution in [1.29, 1.82) is 0 Å². The quantitative estimate of drug-likeness (QED) is 0.743. The van der Waals surface area contributed by atoms with E-state index in [4.69, 9.17) is 0 Å². The summed E-state index contributed by atoms with van der Waals surface area (Å²) in [6.07, 6.45) is 0. The Balaban J connectivity index is 2.03. The number of anilines is 1. The summed E-state index contributed by atoms with van der Waals surface area (Å²) in [6, 6.07) is -0.458. The summed E-state index contributed by atoms with van der Waals surface area (Å²) < 4.78 is 0. The second-order valence-corrected chi connectivity index (χ2v) is 4.48. The number of urea groups is 1. The van der Waals surface area contributed by atoms with Gasteiger partial charge in [-0.15, -0.1) is 0 Å². The number of carbonyl (C=O) groups excluding carboxylic acids is 3. The van der Waals surface area contributed by atoms with Crippen molar-refractivity contribution < 1.29 is 14.4 Å². The second-order valence-electron chi connectivity index (χ2n) is 4.48. The predicted molar refractivity (Wildman–Crippen MR) is 66.4 cm³/mol. The molecule has 1 aliphatic heterocycles. The molecule has 1 saturated heterocycles. The van der Waals surface area contributed by atoms with Crippen molar-refractivity contribution in [3.63, 3.8) is 0 Å². The molecule has 1 aromatic heterocycles. The molecule has 0 spiro atoms. The van der Waals surface area contributed by atoms with Crippen LogP contribution in [0.2, 0.25) is 0 Å². The van der Waals surface area contributed by atoms with E-state index in [-0.39, 0.29) is 19.0 Å². The number of nitrogens with zero attached hydrogens (tertiary/aromatic N) is 3. The number of amides is 4. The van der Waals surface area contributed by atoms with Gasteiger partial charge < -0.3 is 10.2 Å². The maximum Gasteiger partial charge on any atom is 0.327 e. The molecule has 1 aliphatic rings. The van der Waals surface area contributed by atoms with Gasteiger partial charge in [0.15, 0.2) is 0 Å². The van der Waals surface area contributed by atoms with E-state index >= 15 is 0 Å². The Kier molecular flexibility index (Phi) is 3.24. The number of aryl methyl sites for hydroxylation is 2. The zero-order valence-corrected chi connectivity index (χ0v) is 11.0. The zero-order valence-electron chi connectivity index (χ0n) is 11.0. The van der Waals surface area contributed by atoms with Gasteiger partial charge in [0, 0.05) is 7.05 Å². The van der Waals surface area contributed by atoms with E-state index in [1.807, 2.05) is 0 Å². The van der Waals surface area contributed by atoms with Crippen LogP contribution in [-0.4, -0.2) is 58.0 Å². The van der Waals surface area contributed by atoms with E-state index in [9.17, 15) is 14.4 Å². The molecule has 0 radical (unpaired) electrons. The maximum atomic E-state index is 11.9. The van der Waals surface area contributed by atoms with Crippen molar-refractivity contribution in [1.82, 2.24) is 20.0 Å². The normalized spacial score (nSPS) is 15.3. The largest absolute Gasteiger partial charge is 0.327 e. The Morgan fingerprint density at radius 3 is 2.58 bits per heavy atom. The Labute approximate surface area is 109 Å². The number of aromatic nitrogens is 2. The molecule has 0 bridgehead atoms. The van der Waals surface area contributed by atoms with Gasteiger partial charge in [0.25, 0.3) is 5.91 Å². The van der Waals surface area contributed by atoms with Crippen LogP contribution in [0.15, 0.2) is 0 Å². The molecule has 1 aromatic rings. The third-order valence-electron chi connectivity index (χ3n) is 2.93. The van der Waals surface area contributed by atoms with Gasteiger partial charge in [-0.3, -0.25) is 19.6 Å². The van der Waals surface area contributed by atoms with Crippen molar-refractivity contribution >= 4 is 23.5 Å². The predicted octanol–water partition coefficient (Wildman–Crippen LogP) is -0.141. The molecule has 0 aliphatic carbocycles. The molecule has 1 fully saturated rings. The SMILES string of the molecule is Cc1n[nH]c(C)c1NC(=O)CN1C(=O)CN(C)C1=O. The summed E-state index contributed by atoms with van der Waals surface area (Å²) in [7, 11) is 1.52. The maximum absolute atomic E-state index is 11.9. The molecule has 2 heterocycles. The summed E-state index contributed by atoms with van der Waals surface area (Å²) in [5.74, 6) is -0.798. The fourth-order valence-electron chi connectivity index (χ4n) is 1.88. The highest BCUT2D eigenvalue weighted by atomic mass is 16.2. The first-order chi connectivity index (χ1) is 8.90. The van der Waals surface area contributed by atoms with E-state index in [0.717, 1.165) is 10.6 Å². The van der Waals surface area contributed by atoms with Gasteiger partial charge in [0.2, 0.25) is 5.91 Å². The van der Waals surface area contributed by atoms with Crippen LogP contribution in [0.5, 0.6) is 0 Å². The summed E-state index contributed by atoms with van der Waals surface area (Å²) in [5.41, 5.74) is 1.96. The van der Waals surface area contributed by atoms with Crippen molar-refractivity contribution in [2.24, 2.45) is 0 Å². The average molecular weight is 265 g/mol. The first kappa shape index (κ1) is 13.1. The average Bonchev–Trinajstić information content (AvgIpc) is 2.77. The zero-order chi connectivity index (χ0) is 14.2. The Morgan fingerprint density at radius 2 is 2.11 bits per heavy atom. The van der Waals surface area contributed by atoms with Crippen molar-refractivity contribution in [2.45, 2.75) is 13.8 Å². The molecule has 102 valence electrons. The number of carbonyl (C=O) groups is 3. The van der Waals surface area contributed by atoms with Crippen LogP contribution >= 0.6 is 0 Å². The molecule has 2 rings (SSSR count). The third-order valence-corrected chi connectivity index (χ3v) is 2.93. The highest BCUT2D eigenvalue weighted by molar-refractivity contribution is 6.06. The summed E-state index contributed by atoms with van der Waals surface area (Å²) in [5, 5.41) is 9.33.